The summed E-state index contributed by atoms with van der Waals surface area (Å²) < 4.78 is 12.1. The van der Waals surface area contributed by atoms with E-state index in [0.29, 0.717) is 17.2 Å². The molecule has 0 unspecified atom stereocenters. The highest BCUT2D eigenvalue weighted by atomic mass is 79.9. The summed E-state index contributed by atoms with van der Waals surface area (Å²) in [7, 11) is 0. The lowest BCUT2D eigenvalue weighted by Crippen LogP contribution is -1.99. The third-order valence-corrected chi connectivity index (χ3v) is 3.62. The SMILES string of the molecule is Cc1cc(COc2ccc(Br)cc2C(C)C)oc1C(=O)O. The number of hydrogen-bond acceptors (Lipinski definition) is 3. The lowest BCUT2D eigenvalue weighted by molar-refractivity contribution is 0.0657. The number of aromatic carboxylic acids is 1. The Morgan fingerprint density at radius 2 is 2.10 bits per heavy atom. The molecule has 1 N–H and O–H groups in total. The fraction of sp³-hybridized carbons (Fsp3) is 0.312. The number of hydrogen-bond donors (Lipinski definition) is 1. The molecule has 2 aromatic rings. The van der Waals surface area contributed by atoms with Gasteiger partial charge in [0.2, 0.25) is 5.76 Å². The predicted octanol–water partition coefficient (Wildman–Crippen LogP) is 4.75. The van der Waals surface area contributed by atoms with E-state index in [4.69, 9.17) is 14.3 Å². The highest BCUT2D eigenvalue weighted by molar-refractivity contribution is 9.10. The molecule has 0 aliphatic carbocycles. The average molecular weight is 353 g/mol. The molecule has 21 heavy (non-hydrogen) atoms. The van der Waals surface area contributed by atoms with Crippen molar-refractivity contribution in [2.45, 2.75) is 33.3 Å². The lowest BCUT2D eigenvalue weighted by Gasteiger charge is -2.13. The van der Waals surface area contributed by atoms with E-state index in [0.717, 1.165) is 15.8 Å². The molecule has 0 aliphatic rings. The molecule has 0 bridgehead atoms. The fourth-order valence-corrected chi connectivity index (χ4v) is 2.46. The molecule has 4 nitrogen and oxygen atoms in total. The van der Waals surface area contributed by atoms with Crippen LogP contribution in [0, 0.1) is 6.92 Å². The fourth-order valence-electron chi connectivity index (χ4n) is 2.08. The number of halogens is 1. The van der Waals surface area contributed by atoms with Crippen LogP contribution in [0.3, 0.4) is 0 Å². The first kappa shape index (κ1) is 15.6. The van der Waals surface area contributed by atoms with Gasteiger partial charge in [0.25, 0.3) is 0 Å². The van der Waals surface area contributed by atoms with Crippen molar-refractivity contribution in [2.24, 2.45) is 0 Å². The second-order valence-corrected chi connectivity index (χ2v) is 6.07. The maximum Gasteiger partial charge on any atom is 0.372 e. The molecular formula is C16H17BrO4. The van der Waals surface area contributed by atoms with Gasteiger partial charge < -0.3 is 14.3 Å². The van der Waals surface area contributed by atoms with E-state index in [1.807, 2.05) is 18.2 Å². The highest BCUT2D eigenvalue weighted by Crippen LogP contribution is 2.30. The summed E-state index contributed by atoms with van der Waals surface area (Å²) in [4.78, 5) is 11.0. The molecule has 0 atom stereocenters. The molecule has 2 rings (SSSR count). The maximum atomic E-state index is 11.0. The Morgan fingerprint density at radius 3 is 2.67 bits per heavy atom. The van der Waals surface area contributed by atoms with Crippen molar-refractivity contribution in [1.29, 1.82) is 0 Å². The second kappa shape index (κ2) is 6.35. The summed E-state index contributed by atoms with van der Waals surface area (Å²) in [5.41, 5.74) is 1.69. The summed E-state index contributed by atoms with van der Waals surface area (Å²) in [6.07, 6.45) is 0. The number of ether oxygens (including phenoxy) is 1. The Bertz CT molecular complexity index is 658. The second-order valence-electron chi connectivity index (χ2n) is 5.16. The molecule has 0 saturated heterocycles. The van der Waals surface area contributed by atoms with E-state index >= 15 is 0 Å². The molecule has 1 heterocycles. The molecule has 1 aromatic carbocycles. The van der Waals surface area contributed by atoms with E-state index in [1.54, 1.807) is 13.0 Å². The molecule has 0 amide bonds. The summed E-state index contributed by atoms with van der Waals surface area (Å²) in [5, 5.41) is 8.97. The van der Waals surface area contributed by atoms with Crippen molar-refractivity contribution in [3.05, 3.63) is 51.4 Å². The van der Waals surface area contributed by atoms with Gasteiger partial charge in [-0.2, -0.15) is 0 Å². The van der Waals surface area contributed by atoms with E-state index in [-0.39, 0.29) is 12.4 Å². The minimum atomic E-state index is -1.06. The Morgan fingerprint density at radius 1 is 1.38 bits per heavy atom. The van der Waals surface area contributed by atoms with Crippen LogP contribution in [-0.4, -0.2) is 11.1 Å². The minimum absolute atomic E-state index is 0.0338. The van der Waals surface area contributed by atoms with Crippen molar-refractivity contribution in [3.8, 4) is 5.75 Å². The third kappa shape index (κ3) is 3.67. The molecule has 0 spiro atoms. The summed E-state index contributed by atoms with van der Waals surface area (Å²) in [6.45, 7) is 6.09. The molecule has 5 heteroatoms. The van der Waals surface area contributed by atoms with Gasteiger partial charge in [0.15, 0.2) is 0 Å². The molecule has 0 saturated carbocycles. The normalized spacial score (nSPS) is 10.9. The Hall–Kier alpha value is -1.75. The molecular weight excluding hydrogens is 336 g/mol. The number of carbonyl (C=O) groups is 1. The number of furan rings is 1. The van der Waals surface area contributed by atoms with E-state index in [9.17, 15) is 4.79 Å². The van der Waals surface area contributed by atoms with Gasteiger partial charge in [-0.3, -0.25) is 0 Å². The number of rotatable bonds is 5. The number of benzene rings is 1. The van der Waals surface area contributed by atoms with Crippen molar-refractivity contribution >= 4 is 21.9 Å². The van der Waals surface area contributed by atoms with Crippen molar-refractivity contribution in [1.82, 2.24) is 0 Å². The Kier molecular flexibility index (Phi) is 4.73. The van der Waals surface area contributed by atoms with Crippen LogP contribution in [0.25, 0.3) is 0 Å². The minimum Gasteiger partial charge on any atom is -0.485 e. The monoisotopic (exact) mass is 352 g/mol. The Labute approximate surface area is 131 Å². The first-order valence-electron chi connectivity index (χ1n) is 6.63. The quantitative estimate of drug-likeness (QED) is 0.843. The zero-order chi connectivity index (χ0) is 15.6. The number of aryl methyl sites for hydroxylation is 1. The van der Waals surface area contributed by atoms with E-state index < -0.39 is 5.97 Å². The van der Waals surface area contributed by atoms with E-state index in [1.165, 1.54) is 0 Å². The van der Waals surface area contributed by atoms with Crippen molar-refractivity contribution < 1.29 is 19.1 Å². The maximum absolute atomic E-state index is 11.0. The van der Waals surface area contributed by atoms with Gasteiger partial charge in [-0.15, -0.1) is 0 Å². The first-order valence-corrected chi connectivity index (χ1v) is 7.42. The highest BCUT2D eigenvalue weighted by Gasteiger charge is 2.15. The van der Waals surface area contributed by atoms with Crippen LogP contribution >= 0.6 is 15.9 Å². The van der Waals surface area contributed by atoms with Crippen LogP contribution in [0.2, 0.25) is 0 Å². The number of carboxylic acid groups (broad SMARTS) is 1. The van der Waals surface area contributed by atoms with Crippen LogP contribution in [0.4, 0.5) is 0 Å². The van der Waals surface area contributed by atoms with Crippen molar-refractivity contribution in [3.63, 3.8) is 0 Å². The smallest absolute Gasteiger partial charge is 0.372 e. The zero-order valence-corrected chi connectivity index (χ0v) is 13.7. The molecule has 0 fully saturated rings. The van der Waals surface area contributed by atoms with Gasteiger partial charge in [0.1, 0.15) is 18.1 Å². The summed E-state index contributed by atoms with van der Waals surface area (Å²) in [6, 6.07) is 7.53. The third-order valence-electron chi connectivity index (χ3n) is 3.13. The lowest BCUT2D eigenvalue weighted by atomic mass is 10.0. The first-order chi connectivity index (χ1) is 9.88. The largest absolute Gasteiger partial charge is 0.485 e. The van der Waals surface area contributed by atoms with Gasteiger partial charge in [-0.25, -0.2) is 4.79 Å². The molecule has 0 radical (unpaired) electrons. The van der Waals surface area contributed by atoms with Gasteiger partial charge in [0, 0.05) is 10.0 Å². The van der Waals surface area contributed by atoms with Crippen LogP contribution in [0.5, 0.6) is 5.75 Å². The van der Waals surface area contributed by atoms with Gasteiger partial charge in [0.05, 0.1) is 0 Å². The average Bonchev–Trinajstić information content (AvgIpc) is 2.78. The van der Waals surface area contributed by atoms with Crippen molar-refractivity contribution in [2.75, 3.05) is 0 Å². The summed E-state index contributed by atoms with van der Waals surface area (Å²) >= 11 is 3.45. The van der Waals surface area contributed by atoms with E-state index in [2.05, 4.69) is 29.8 Å². The van der Waals surface area contributed by atoms with Crippen LogP contribution < -0.4 is 4.74 Å². The van der Waals surface area contributed by atoms with Crippen LogP contribution in [0.1, 0.15) is 47.2 Å². The predicted molar refractivity (Wildman–Crippen MR) is 83.0 cm³/mol. The molecule has 1 aromatic heterocycles. The van der Waals surface area contributed by atoms with Gasteiger partial charge in [-0.1, -0.05) is 29.8 Å². The van der Waals surface area contributed by atoms with Crippen LogP contribution in [0.15, 0.2) is 33.2 Å². The number of carboxylic acids is 1. The standard InChI is InChI=1S/C16H17BrO4/c1-9(2)13-7-11(17)4-5-14(13)20-8-12-6-10(3)15(21-12)16(18)19/h4-7,9H,8H2,1-3H3,(H,18,19). The topological polar surface area (TPSA) is 59.7 Å². The van der Waals surface area contributed by atoms with Gasteiger partial charge in [-0.05, 0) is 42.7 Å². The Balaban J connectivity index is 2.17. The summed E-state index contributed by atoms with van der Waals surface area (Å²) in [5.74, 6) is 0.505. The van der Waals surface area contributed by atoms with Crippen LogP contribution in [-0.2, 0) is 6.61 Å². The van der Waals surface area contributed by atoms with Gasteiger partial charge >= 0.3 is 5.97 Å². The molecule has 0 aliphatic heterocycles. The molecule has 112 valence electrons. The zero-order valence-electron chi connectivity index (χ0n) is 12.1.